The number of hydrogen-bond donors (Lipinski definition) is 0. The molecule has 2 aromatic rings. The number of hydrogen-bond acceptors (Lipinski definition) is 5. The third kappa shape index (κ3) is 21.6. The second-order valence-electron chi connectivity index (χ2n) is 13.6. The van der Waals surface area contributed by atoms with Gasteiger partial charge in [-0.05, 0) is 70.8 Å². The quantitative estimate of drug-likeness (QED) is 0.162. The normalized spacial score (nSPS) is 17.8. The van der Waals surface area contributed by atoms with Gasteiger partial charge in [0.1, 0.15) is 28.2 Å². The molecule has 58 heavy (non-hydrogen) atoms. The molecule has 1 aliphatic heterocycles. The van der Waals surface area contributed by atoms with E-state index in [2.05, 4.69) is 172 Å². The fourth-order valence-electron chi connectivity index (χ4n) is 5.17. The van der Waals surface area contributed by atoms with Gasteiger partial charge in [0.05, 0.1) is 5.08 Å². The van der Waals surface area contributed by atoms with E-state index in [-0.39, 0.29) is 0 Å². The molecule has 0 saturated carbocycles. The topological polar surface area (TPSA) is 12.5 Å². The van der Waals surface area contributed by atoms with Crippen LogP contribution >= 0.6 is 139 Å². The van der Waals surface area contributed by atoms with Gasteiger partial charge in [-0.15, -0.1) is 11.8 Å². The first-order valence-electron chi connectivity index (χ1n) is 16.7. The summed E-state index contributed by atoms with van der Waals surface area (Å²) in [5, 5.41) is 0.991. The van der Waals surface area contributed by atoms with Gasteiger partial charge < -0.3 is 9.80 Å². The average molecular weight is 1310 g/mol. The molecule has 0 atom stereocenters. The Hall–Kier alpha value is 1.73. The summed E-state index contributed by atoms with van der Waals surface area (Å²) in [6.07, 6.45) is 18.0. The fourth-order valence-corrected chi connectivity index (χ4v) is 9.44. The van der Waals surface area contributed by atoms with E-state index in [9.17, 15) is 0 Å². The van der Waals surface area contributed by atoms with Gasteiger partial charge in [0, 0.05) is 84.8 Å². The molecule has 0 unspecified atom stereocenters. The van der Waals surface area contributed by atoms with Crippen LogP contribution in [0.5, 0.6) is 0 Å². The van der Waals surface area contributed by atoms with Crippen molar-refractivity contribution in [1.82, 2.24) is 0 Å². The Kier molecular flexibility index (Phi) is 18.3. The van der Waals surface area contributed by atoms with Crippen LogP contribution in [0.4, 0.5) is 11.4 Å². The van der Waals surface area contributed by atoms with Gasteiger partial charge in [-0.2, -0.15) is 0 Å². The summed E-state index contributed by atoms with van der Waals surface area (Å²) in [7, 11) is 70.5. The SMILES string of the molecule is CN(C)c1ccc(C(=C2C=CC(=[N+](C)C)C=C2)C2=C(C(=C3C=CC(=[N+](C)C)C=C3)c3ccc(N(C)C)cc3)SSCS2)cc1.[Cl][Sb-]([Cl])([Cl])([Cl])([Cl])[Cl].[Cl][Sb-]([Cl])([Cl])([Cl])([Cl])[Cl]. The van der Waals surface area contributed by atoms with Crippen LogP contribution in [0.15, 0.2) is 118 Å². The molecule has 2 aliphatic carbocycles. The molecule has 3 aliphatic rings. The van der Waals surface area contributed by atoms with Crippen molar-refractivity contribution in [3.05, 3.63) is 129 Å². The van der Waals surface area contributed by atoms with E-state index in [0.29, 0.717) is 0 Å². The Morgan fingerprint density at radius 1 is 0.483 bits per heavy atom. The van der Waals surface area contributed by atoms with Gasteiger partial charge in [-0.3, -0.25) is 0 Å². The van der Waals surface area contributed by atoms with E-state index in [4.69, 9.17) is 106 Å². The van der Waals surface area contributed by atoms with Gasteiger partial charge in [0.15, 0.2) is 11.4 Å². The molecular formula is C37H42Cl12N4S3Sb2. The monoisotopic (exact) mass is 1300 g/mol. The van der Waals surface area contributed by atoms with E-state index in [0.717, 1.165) is 5.08 Å². The van der Waals surface area contributed by atoms with Crippen molar-refractivity contribution in [3.63, 3.8) is 0 Å². The molecule has 0 aromatic heterocycles. The van der Waals surface area contributed by atoms with E-state index >= 15 is 0 Å². The molecule has 0 fully saturated rings. The van der Waals surface area contributed by atoms with Crippen LogP contribution in [0, 0.1) is 0 Å². The van der Waals surface area contributed by atoms with Crippen LogP contribution in [0.2, 0.25) is 0 Å². The Morgan fingerprint density at radius 2 is 0.776 bits per heavy atom. The molecule has 0 radical (unpaired) electrons. The van der Waals surface area contributed by atoms with Crippen LogP contribution in [-0.4, -0.2) is 100 Å². The zero-order valence-electron chi connectivity index (χ0n) is 32.4. The minimum atomic E-state index is -5.42. The molecule has 0 N–H and O–H groups in total. The Balaban J connectivity index is 0.000000550. The zero-order chi connectivity index (χ0) is 44.2. The van der Waals surface area contributed by atoms with Crippen molar-refractivity contribution in [3.8, 4) is 0 Å². The van der Waals surface area contributed by atoms with E-state index in [1.807, 2.05) is 33.3 Å². The number of thioether (sulfide) groups is 1. The van der Waals surface area contributed by atoms with Crippen LogP contribution in [0.25, 0.3) is 11.1 Å². The van der Waals surface area contributed by atoms with Gasteiger partial charge in [0.25, 0.3) is 0 Å². The first-order chi connectivity index (χ1) is 26.0. The molecule has 322 valence electrons. The number of nitrogens with zero attached hydrogens (tertiary/aromatic N) is 4. The first kappa shape index (κ1) is 54.1. The number of halogens is 12. The first-order valence-corrected chi connectivity index (χ1v) is 58.8. The van der Waals surface area contributed by atoms with E-state index in [1.165, 1.54) is 66.0 Å². The second kappa shape index (κ2) is 19.7. The predicted molar refractivity (Wildman–Crippen MR) is 283 cm³/mol. The summed E-state index contributed by atoms with van der Waals surface area (Å²) < 4.78 is 4.31. The Labute approximate surface area is 395 Å². The number of benzene rings is 2. The fraction of sp³-hybridized carbons (Fsp3) is 0.243. The number of allylic oxidation sites excluding steroid dienone is 12. The van der Waals surface area contributed by atoms with Crippen molar-refractivity contribution in [2.45, 2.75) is 0 Å². The summed E-state index contributed by atoms with van der Waals surface area (Å²) in [4.78, 5) is 6.95. The van der Waals surface area contributed by atoms with Crippen LogP contribution in [-0.2, 0) is 0 Å². The second-order valence-corrected chi connectivity index (χ2v) is 131. The Morgan fingerprint density at radius 3 is 1.05 bits per heavy atom. The summed E-state index contributed by atoms with van der Waals surface area (Å²) in [5.74, 6) is 0. The molecule has 5 rings (SSSR count). The molecule has 0 bridgehead atoms. The van der Waals surface area contributed by atoms with Crippen molar-refractivity contribution >= 4 is 192 Å². The third-order valence-electron chi connectivity index (χ3n) is 7.74. The number of anilines is 2. The molecule has 0 amide bonds. The van der Waals surface area contributed by atoms with Crippen molar-refractivity contribution in [1.29, 1.82) is 0 Å². The van der Waals surface area contributed by atoms with Crippen LogP contribution in [0.1, 0.15) is 11.1 Å². The average Bonchev–Trinajstić information content (AvgIpc) is 3.07. The maximum atomic E-state index is 5.06. The number of rotatable bonds is 6. The summed E-state index contributed by atoms with van der Waals surface area (Å²) in [5.41, 5.74) is 12.2. The van der Waals surface area contributed by atoms with Crippen LogP contribution < -0.4 is 9.80 Å². The van der Waals surface area contributed by atoms with Gasteiger partial charge >= 0.3 is 124 Å². The molecule has 0 spiro atoms. The Bertz CT molecular complexity index is 1960. The van der Waals surface area contributed by atoms with Gasteiger partial charge in [-0.1, -0.05) is 45.9 Å². The van der Waals surface area contributed by atoms with E-state index < -0.39 is 18.3 Å². The molecule has 21 heteroatoms. The van der Waals surface area contributed by atoms with Crippen molar-refractivity contribution in [2.24, 2.45) is 0 Å². The third-order valence-corrected chi connectivity index (χ3v) is 11.8. The van der Waals surface area contributed by atoms with E-state index in [1.54, 1.807) is 0 Å². The molecule has 2 aromatic carbocycles. The standard InChI is InChI=1S/C37H42N4S3.12ClH.2Sb/c1-38(2)30-17-9-26(10-18-30)34(27-11-19-31(20-12-27)39(3)4)36-37(44-43-25-42-36)35(28-13-21-32(22-14-28)40(5)6)29-15-23-33(24-16-29)41(7)8;;;;;;;;;;;;;;/h9-24H,25H2,1-8H3;12*1H;;/q+2;;;;;;;;;;;;;2*+5/p-12. The molecular weight excluding hydrogens is 1270 g/mol. The van der Waals surface area contributed by atoms with Crippen molar-refractivity contribution in [2.75, 3.05) is 71.3 Å². The summed E-state index contributed by atoms with van der Waals surface area (Å²) in [6.45, 7) is 0. The maximum absolute atomic E-state index is 5.42. The van der Waals surface area contributed by atoms with Crippen LogP contribution in [0.3, 0.4) is 0 Å². The van der Waals surface area contributed by atoms with Gasteiger partial charge in [0.2, 0.25) is 0 Å². The summed E-state index contributed by atoms with van der Waals surface area (Å²) in [6, 6.07) is 18.0. The van der Waals surface area contributed by atoms with Gasteiger partial charge in [-0.25, -0.2) is 9.15 Å². The zero-order valence-corrected chi connectivity index (χ0v) is 49.0. The molecule has 4 nitrogen and oxygen atoms in total. The van der Waals surface area contributed by atoms with Crippen molar-refractivity contribution < 1.29 is 9.15 Å². The molecule has 0 saturated heterocycles. The predicted octanol–water partition coefficient (Wildman–Crippen LogP) is 15.5. The summed E-state index contributed by atoms with van der Waals surface area (Å²) >= 11 is 1.95. The minimum absolute atomic E-state index is 0.991. The molecule has 1 heterocycles.